The zero-order valence-corrected chi connectivity index (χ0v) is 23.5. The van der Waals surface area contributed by atoms with Gasteiger partial charge in [-0.15, -0.1) is 0 Å². The Morgan fingerprint density at radius 3 is 2.77 bits per heavy atom. The Balaban J connectivity index is 1.34. The molecule has 5 heterocycles. The van der Waals surface area contributed by atoms with Crippen LogP contribution in [0.4, 0.5) is 16.4 Å². The summed E-state index contributed by atoms with van der Waals surface area (Å²) in [5, 5.41) is 12.4. The lowest BCUT2D eigenvalue weighted by molar-refractivity contribution is -0.136. The SMILES string of the molecule is COc1nc2c(cc1CN1CCN(C)CC1=O)CCCN2C(=O)Nc1cc(CC2CCS(=O)(=O)C2)c(C#N)cn1. The fourth-order valence-corrected chi connectivity index (χ4v) is 7.43. The monoisotopic (exact) mass is 567 g/mol. The average Bonchev–Trinajstić information content (AvgIpc) is 3.27. The van der Waals surface area contributed by atoms with Crippen molar-refractivity contribution in [2.75, 3.05) is 62.1 Å². The van der Waals surface area contributed by atoms with Crippen LogP contribution in [-0.2, 0) is 34.0 Å². The highest BCUT2D eigenvalue weighted by molar-refractivity contribution is 7.91. The molecule has 3 amide bonds. The van der Waals surface area contributed by atoms with Crippen LogP contribution < -0.4 is 15.0 Å². The Bertz CT molecular complexity index is 1470. The van der Waals surface area contributed by atoms with Crippen molar-refractivity contribution in [2.45, 2.75) is 32.2 Å². The van der Waals surface area contributed by atoms with Gasteiger partial charge in [0.25, 0.3) is 0 Å². The Hall–Kier alpha value is -3.76. The van der Waals surface area contributed by atoms with Crippen molar-refractivity contribution in [2.24, 2.45) is 5.92 Å². The number of nitriles is 1. The number of amides is 3. The van der Waals surface area contributed by atoms with E-state index in [-0.39, 0.29) is 29.1 Å². The van der Waals surface area contributed by atoms with Crippen LogP contribution >= 0.6 is 0 Å². The number of aryl methyl sites for hydroxylation is 1. The van der Waals surface area contributed by atoms with Crippen LogP contribution in [0.25, 0.3) is 0 Å². The van der Waals surface area contributed by atoms with E-state index in [1.165, 1.54) is 13.3 Å². The molecule has 1 N–H and O–H groups in total. The summed E-state index contributed by atoms with van der Waals surface area (Å²) >= 11 is 0. The lowest BCUT2D eigenvalue weighted by Crippen LogP contribution is -2.48. The molecule has 40 heavy (non-hydrogen) atoms. The van der Waals surface area contributed by atoms with Crippen molar-refractivity contribution in [1.82, 2.24) is 19.8 Å². The highest BCUT2D eigenvalue weighted by Gasteiger charge is 2.30. The normalized spacial score (nSPS) is 20.6. The van der Waals surface area contributed by atoms with Crippen LogP contribution in [0.15, 0.2) is 18.3 Å². The first-order chi connectivity index (χ1) is 19.2. The van der Waals surface area contributed by atoms with Crippen LogP contribution in [0.5, 0.6) is 5.88 Å². The number of rotatable bonds is 6. The van der Waals surface area contributed by atoms with Gasteiger partial charge in [0, 0.05) is 31.4 Å². The number of piperazine rings is 1. The predicted octanol–water partition coefficient (Wildman–Crippen LogP) is 1.59. The van der Waals surface area contributed by atoms with Gasteiger partial charge < -0.3 is 9.64 Å². The Labute approximate surface area is 233 Å². The first kappa shape index (κ1) is 27.8. The Kier molecular flexibility index (Phi) is 7.91. The number of anilines is 2. The smallest absolute Gasteiger partial charge is 0.328 e. The lowest BCUT2D eigenvalue weighted by Gasteiger charge is -2.33. The first-order valence-corrected chi connectivity index (χ1v) is 15.2. The number of nitrogens with zero attached hydrogens (tertiary/aromatic N) is 6. The van der Waals surface area contributed by atoms with Gasteiger partial charge in [-0.3, -0.25) is 19.9 Å². The maximum atomic E-state index is 13.4. The van der Waals surface area contributed by atoms with E-state index in [4.69, 9.17) is 4.74 Å². The van der Waals surface area contributed by atoms with E-state index >= 15 is 0 Å². The van der Waals surface area contributed by atoms with Crippen molar-refractivity contribution in [3.8, 4) is 11.9 Å². The second-order valence-electron chi connectivity index (χ2n) is 10.7. The molecular weight excluding hydrogens is 534 g/mol. The molecule has 5 rings (SSSR count). The fourth-order valence-electron chi connectivity index (χ4n) is 5.57. The molecule has 0 saturated carbocycles. The fraction of sp³-hybridized carbons (Fsp3) is 0.519. The molecule has 3 aliphatic rings. The minimum Gasteiger partial charge on any atom is -0.481 e. The van der Waals surface area contributed by atoms with Crippen molar-refractivity contribution in [3.63, 3.8) is 0 Å². The highest BCUT2D eigenvalue weighted by atomic mass is 32.2. The van der Waals surface area contributed by atoms with E-state index in [1.54, 1.807) is 15.9 Å². The van der Waals surface area contributed by atoms with E-state index in [9.17, 15) is 23.3 Å². The predicted molar refractivity (Wildman–Crippen MR) is 148 cm³/mol. The molecule has 2 fully saturated rings. The second kappa shape index (κ2) is 11.4. The summed E-state index contributed by atoms with van der Waals surface area (Å²) in [4.78, 5) is 40.2. The summed E-state index contributed by atoms with van der Waals surface area (Å²) in [7, 11) is 0.403. The maximum absolute atomic E-state index is 13.4. The van der Waals surface area contributed by atoms with Gasteiger partial charge in [-0.2, -0.15) is 10.2 Å². The molecule has 2 aromatic heterocycles. The van der Waals surface area contributed by atoms with E-state index in [0.717, 1.165) is 30.5 Å². The number of fused-ring (bicyclic) bond motifs is 1. The molecule has 0 aliphatic carbocycles. The third-order valence-corrected chi connectivity index (χ3v) is 9.53. The molecule has 1 unspecified atom stereocenters. The summed E-state index contributed by atoms with van der Waals surface area (Å²) in [6, 6.07) is 5.32. The third kappa shape index (κ3) is 6.03. The maximum Gasteiger partial charge on any atom is 0.328 e. The number of pyridine rings is 2. The van der Waals surface area contributed by atoms with E-state index in [2.05, 4.69) is 21.4 Å². The number of aromatic nitrogens is 2. The summed E-state index contributed by atoms with van der Waals surface area (Å²) in [5.74, 6) is 1.40. The first-order valence-electron chi connectivity index (χ1n) is 13.4. The highest BCUT2D eigenvalue weighted by Crippen LogP contribution is 2.32. The number of carbonyl (C=O) groups excluding carboxylic acids is 2. The quantitative estimate of drug-likeness (QED) is 0.549. The van der Waals surface area contributed by atoms with Gasteiger partial charge >= 0.3 is 6.03 Å². The van der Waals surface area contributed by atoms with Gasteiger partial charge in [-0.1, -0.05) is 0 Å². The minimum absolute atomic E-state index is 0.0540. The van der Waals surface area contributed by atoms with Gasteiger partial charge in [0.2, 0.25) is 11.8 Å². The molecule has 12 nitrogen and oxygen atoms in total. The van der Waals surface area contributed by atoms with Crippen molar-refractivity contribution in [1.29, 1.82) is 5.26 Å². The van der Waals surface area contributed by atoms with Crippen LogP contribution in [0.3, 0.4) is 0 Å². The standard InChI is InChI=1S/C27H33N7O5S/c1-32-7-8-33(24(35)16-32)15-21-11-19-4-3-6-34(25(19)31-26(21)39-2)27(36)30-23-12-20(22(13-28)14-29-23)10-18-5-9-40(37,38)17-18/h11-12,14,18H,3-10,15-17H2,1-2H3,(H,29,30,36). The van der Waals surface area contributed by atoms with Gasteiger partial charge in [-0.25, -0.2) is 18.2 Å². The van der Waals surface area contributed by atoms with Crippen LogP contribution in [0, 0.1) is 17.2 Å². The zero-order chi connectivity index (χ0) is 28.4. The number of carbonyl (C=O) groups is 2. The molecule has 1 atom stereocenters. The van der Waals surface area contributed by atoms with Crippen LogP contribution in [-0.4, -0.2) is 92.0 Å². The third-order valence-electron chi connectivity index (χ3n) is 7.69. The van der Waals surface area contributed by atoms with Crippen molar-refractivity contribution in [3.05, 3.63) is 40.6 Å². The molecule has 2 saturated heterocycles. The Morgan fingerprint density at radius 2 is 2.08 bits per heavy atom. The summed E-state index contributed by atoms with van der Waals surface area (Å²) < 4.78 is 29.4. The molecular formula is C27H33N7O5S. The van der Waals surface area contributed by atoms with Crippen molar-refractivity contribution < 1.29 is 22.7 Å². The van der Waals surface area contributed by atoms with E-state index in [0.29, 0.717) is 61.8 Å². The largest absolute Gasteiger partial charge is 0.481 e. The number of methoxy groups -OCH3 is 1. The summed E-state index contributed by atoms with van der Waals surface area (Å²) in [6.07, 6.45) is 3.87. The lowest BCUT2D eigenvalue weighted by atomic mass is 9.96. The topological polar surface area (TPSA) is 149 Å². The molecule has 13 heteroatoms. The molecule has 212 valence electrons. The van der Waals surface area contributed by atoms with Crippen LogP contribution in [0.1, 0.15) is 35.1 Å². The second-order valence-corrected chi connectivity index (χ2v) is 12.9. The van der Waals surface area contributed by atoms with Gasteiger partial charge in [0.1, 0.15) is 17.7 Å². The molecule has 0 spiro atoms. The Morgan fingerprint density at radius 1 is 1.25 bits per heavy atom. The molecule has 2 aromatic rings. The van der Waals surface area contributed by atoms with E-state index in [1.807, 2.05) is 18.0 Å². The van der Waals surface area contributed by atoms with E-state index < -0.39 is 15.9 Å². The number of hydrogen-bond donors (Lipinski definition) is 1. The number of hydrogen-bond acceptors (Lipinski definition) is 9. The zero-order valence-electron chi connectivity index (χ0n) is 22.7. The minimum atomic E-state index is -3.04. The number of sulfone groups is 1. The number of likely N-dealkylation sites (N-methyl/N-ethyl adjacent to an activating group) is 1. The molecule has 0 radical (unpaired) electrons. The summed E-state index contributed by atoms with van der Waals surface area (Å²) in [6.45, 7) is 2.64. The molecule has 0 bridgehead atoms. The average molecular weight is 568 g/mol. The van der Waals surface area contributed by atoms with Gasteiger partial charge in [-0.05, 0) is 61.9 Å². The number of nitrogens with one attached hydrogen (secondary N) is 1. The molecule has 0 aromatic carbocycles. The van der Waals surface area contributed by atoms with Gasteiger partial charge in [0.15, 0.2) is 9.84 Å². The van der Waals surface area contributed by atoms with Crippen LogP contribution in [0.2, 0.25) is 0 Å². The molecule has 3 aliphatic heterocycles. The summed E-state index contributed by atoms with van der Waals surface area (Å²) in [5.41, 5.74) is 2.73. The number of urea groups is 1. The number of ether oxygens (including phenoxy) is 1. The van der Waals surface area contributed by atoms with Gasteiger partial charge in [0.05, 0.1) is 37.3 Å². The van der Waals surface area contributed by atoms with Crippen molar-refractivity contribution >= 4 is 33.4 Å².